The van der Waals surface area contributed by atoms with Gasteiger partial charge >= 0.3 is 0 Å². The molecule has 0 aromatic rings. The van der Waals surface area contributed by atoms with E-state index in [-0.39, 0.29) is 0 Å². The molecule has 0 heterocycles. The number of likely N-dealkylation sites (N-methyl/N-ethyl adjacent to an activating group) is 1. The van der Waals surface area contributed by atoms with Crippen molar-refractivity contribution in [1.82, 2.24) is 16.0 Å². The highest BCUT2D eigenvalue weighted by molar-refractivity contribution is 4.49. The first-order valence-electron chi connectivity index (χ1n) is 3.27. The van der Waals surface area contributed by atoms with Crippen molar-refractivity contribution in [3.05, 3.63) is 0 Å². The molecule has 0 aromatic carbocycles. The molecule has 0 aliphatic heterocycles. The molecule has 0 aliphatic rings. The molecule has 3 nitrogen and oxygen atoms in total. The van der Waals surface area contributed by atoms with Gasteiger partial charge in [-0.15, -0.1) is 0 Å². The van der Waals surface area contributed by atoms with Crippen molar-refractivity contribution < 1.29 is 0 Å². The second-order valence-electron chi connectivity index (χ2n) is 2.30. The van der Waals surface area contributed by atoms with Crippen LogP contribution in [0.25, 0.3) is 0 Å². The van der Waals surface area contributed by atoms with Crippen LogP contribution in [0.15, 0.2) is 0 Å². The number of nitrogens with zero attached hydrogens (tertiary/aromatic N) is 1. The van der Waals surface area contributed by atoms with E-state index in [1.807, 2.05) is 14.1 Å². The van der Waals surface area contributed by atoms with Crippen LogP contribution in [0, 0.1) is 0 Å². The van der Waals surface area contributed by atoms with E-state index in [1.165, 1.54) is 0 Å². The molecule has 0 aliphatic carbocycles. The van der Waals surface area contributed by atoms with E-state index >= 15 is 0 Å². The largest absolute Gasteiger partial charge is 0.314 e. The van der Waals surface area contributed by atoms with Crippen LogP contribution in [-0.4, -0.2) is 45.2 Å². The first-order valence-corrected chi connectivity index (χ1v) is 3.27. The molecule has 0 aromatic heterocycles. The van der Waals surface area contributed by atoms with Crippen molar-refractivity contribution in [2.24, 2.45) is 0 Å². The summed E-state index contributed by atoms with van der Waals surface area (Å²) in [5.41, 5.74) is 6.81. The lowest BCUT2D eigenvalue weighted by molar-refractivity contribution is 0.401. The maximum absolute atomic E-state index is 6.81. The molecule has 0 bridgehead atoms. The minimum atomic E-state index is 0.480. The summed E-state index contributed by atoms with van der Waals surface area (Å²) in [4.78, 5) is 2.12. The second kappa shape index (κ2) is 6.01. The molecular formula is C6H16N3. The normalized spacial score (nSPS) is 10.7. The smallest absolute Gasteiger partial charge is 0.0225 e. The molecule has 0 saturated heterocycles. The quantitative estimate of drug-likeness (QED) is 0.506. The molecule has 55 valence electrons. The second-order valence-corrected chi connectivity index (χ2v) is 2.30. The highest BCUT2D eigenvalue weighted by atomic mass is 15.1. The van der Waals surface area contributed by atoms with E-state index < -0.39 is 0 Å². The van der Waals surface area contributed by atoms with Gasteiger partial charge in [0, 0.05) is 26.2 Å². The zero-order valence-electron chi connectivity index (χ0n) is 6.28. The molecule has 0 unspecified atom stereocenters. The predicted molar refractivity (Wildman–Crippen MR) is 39.4 cm³/mol. The maximum atomic E-state index is 6.81. The van der Waals surface area contributed by atoms with Crippen LogP contribution >= 0.6 is 0 Å². The Morgan fingerprint density at radius 2 is 2.00 bits per heavy atom. The van der Waals surface area contributed by atoms with Crippen LogP contribution in [0.5, 0.6) is 0 Å². The van der Waals surface area contributed by atoms with E-state index in [1.54, 1.807) is 0 Å². The molecule has 0 saturated carbocycles. The standard InChI is InChI=1S/C6H16N3/c1-9(2)6-5-8-4-3-7/h7-8H,3-6H2,1-2H3. The molecule has 1 radical (unpaired) electrons. The fourth-order valence-corrected chi connectivity index (χ4v) is 0.516. The summed E-state index contributed by atoms with van der Waals surface area (Å²) in [5, 5.41) is 3.14. The van der Waals surface area contributed by atoms with E-state index in [2.05, 4.69) is 10.2 Å². The summed E-state index contributed by atoms with van der Waals surface area (Å²) in [7, 11) is 4.09. The highest BCUT2D eigenvalue weighted by Crippen LogP contribution is 1.68. The SMILES string of the molecule is CN(C)CCNCC[NH]. The lowest BCUT2D eigenvalue weighted by Gasteiger charge is -2.08. The van der Waals surface area contributed by atoms with Gasteiger partial charge in [0.1, 0.15) is 0 Å². The van der Waals surface area contributed by atoms with Crippen molar-refractivity contribution in [3.8, 4) is 0 Å². The summed E-state index contributed by atoms with van der Waals surface area (Å²) in [6.45, 7) is 3.34. The lowest BCUT2D eigenvalue weighted by atomic mass is 10.5. The number of nitrogens with one attached hydrogen (secondary N) is 2. The summed E-state index contributed by atoms with van der Waals surface area (Å²) < 4.78 is 0. The molecule has 0 amide bonds. The maximum Gasteiger partial charge on any atom is 0.0225 e. The number of hydrogen-bond donors (Lipinski definition) is 1. The third-order valence-corrected chi connectivity index (χ3v) is 1.04. The summed E-state index contributed by atoms with van der Waals surface area (Å²) >= 11 is 0. The van der Waals surface area contributed by atoms with Crippen LogP contribution in [0.3, 0.4) is 0 Å². The van der Waals surface area contributed by atoms with Crippen molar-refractivity contribution >= 4 is 0 Å². The van der Waals surface area contributed by atoms with Crippen molar-refractivity contribution in [3.63, 3.8) is 0 Å². The van der Waals surface area contributed by atoms with Gasteiger partial charge in [0.05, 0.1) is 0 Å². The van der Waals surface area contributed by atoms with E-state index in [0.29, 0.717) is 6.54 Å². The van der Waals surface area contributed by atoms with Gasteiger partial charge < -0.3 is 10.2 Å². The molecule has 0 spiro atoms. The van der Waals surface area contributed by atoms with Crippen molar-refractivity contribution in [1.29, 1.82) is 0 Å². The van der Waals surface area contributed by atoms with Crippen LogP contribution in [-0.2, 0) is 0 Å². The highest BCUT2D eigenvalue weighted by Gasteiger charge is 1.86. The fraction of sp³-hybridized carbons (Fsp3) is 1.00. The number of rotatable bonds is 5. The van der Waals surface area contributed by atoms with Gasteiger partial charge in [0.25, 0.3) is 0 Å². The zero-order chi connectivity index (χ0) is 7.11. The topological polar surface area (TPSA) is 39.1 Å². The Balaban J connectivity index is 2.75. The molecule has 0 atom stereocenters. The Kier molecular flexibility index (Phi) is 5.93. The van der Waals surface area contributed by atoms with Gasteiger partial charge in [-0.3, -0.25) is 5.73 Å². The lowest BCUT2D eigenvalue weighted by Crippen LogP contribution is -2.28. The summed E-state index contributed by atoms with van der Waals surface area (Å²) in [5.74, 6) is 0. The first kappa shape index (κ1) is 8.88. The minimum absolute atomic E-state index is 0.480. The van der Waals surface area contributed by atoms with E-state index in [0.717, 1.165) is 19.6 Å². The Morgan fingerprint density at radius 3 is 2.44 bits per heavy atom. The first-order chi connectivity index (χ1) is 4.27. The third kappa shape index (κ3) is 7.88. The molecule has 3 heteroatoms. The van der Waals surface area contributed by atoms with Crippen molar-refractivity contribution in [2.75, 3.05) is 40.3 Å². The Bertz CT molecular complexity index is 54.3. The van der Waals surface area contributed by atoms with Crippen LogP contribution < -0.4 is 11.1 Å². The Labute approximate surface area is 57.2 Å². The monoisotopic (exact) mass is 130 g/mol. The fourth-order valence-electron chi connectivity index (χ4n) is 0.516. The zero-order valence-corrected chi connectivity index (χ0v) is 6.28. The number of hydrogen-bond acceptors (Lipinski definition) is 2. The van der Waals surface area contributed by atoms with Gasteiger partial charge in [0.15, 0.2) is 0 Å². The average Bonchev–Trinajstić information content (AvgIpc) is 1.80. The van der Waals surface area contributed by atoms with Crippen LogP contribution in [0.4, 0.5) is 0 Å². The Morgan fingerprint density at radius 1 is 1.33 bits per heavy atom. The van der Waals surface area contributed by atoms with Crippen LogP contribution in [0.2, 0.25) is 0 Å². The van der Waals surface area contributed by atoms with Crippen LogP contribution in [0.1, 0.15) is 0 Å². The summed E-state index contributed by atoms with van der Waals surface area (Å²) in [6, 6.07) is 0. The van der Waals surface area contributed by atoms with Gasteiger partial charge in [0.2, 0.25) is 0 Å². The van der Waals surface area contributed by atoms with Gasteiger partial charge in [-0.1, -0.05) is 0 Å². The average molecular weight is 130 g/mol. The van der Waals surface area contributed by atoms with Gasteiger partial charge in [-0.25, -0.2) is 0 Å². The molecule has 2 N–H and O–H groups in total. The van der Waals surface area contributed by atoms with Gasteiger partial charge in [-0.2, -0.15) is 0 Å². The predicted octanol–water partition coefficient (Wildman–Crippen LogP) is -0.579. The molecular weight excluding hydrogens is 114 g/mol. The van der Waals surface area contributed by atoms with E-state index in [9.17, 15) is 0 Å². The van der Waals surface area contributed by atoms with E-state index in [4.69, 9.17) is 5.73 Å². The Hall–Kier alpha value is -0.120. The van der Waals surface area contributed by atoms with Crippen molar-refractivity contribution in [2.45, 2.75) is 0 Å². The third-order valence-electron chi connectivity index (χ3n) is 1.04. The minimum Gasteiger partial charge on any atom is -0.314 e. The molecule has 9 heavy (non-hydrogen) atoms. The summed E-state index contributed by atoms with van der Waals surface area (Å²) in [6.07, 6.45) is 0. The van der Waals surface area contributed by atoms with Gasteiger partial charge in [-0.05, 0) is 14.1 Å². The molecule has 0 rings (SSSR count). The molecule has 0 fully saturated rings.